The Hall–Kier alpha value is -3.48. The van der Waals surface area contributed by atoms with Crippen LogP contribution in [0.2, 0.25) is 0 Å². The van der Waals surface area contributed by atoms with Gasteiger partial charge in [0.15, 0.2) is 11.3 Å². The highest BCUT2D eigenvalue weighted by molar-refractivity contribution is 5.94. The first-order chi connectivity index (χ1) is 12.4. The molecule has 26 heavy (non-hydrogen) atoms. The van der Waals surface area contributed by atoms with Gasteiger partial charge in [0.25, 0.3) is 0 Å². The van der Waals surface area contributed by atoms with E-state index in [1.807, 2.05) is 0 Å². The Morgan fingerprint density at radius 3 is 2.50 bits per heavy atom. The van der Waals surface area contributed by atoms with E-state index in [2.05, 4.69) is 5.32 Å². The van der Waals surface area contributed by atoms with Crippen LogP contribution in [0.25, 0.3) is 11.0 Å². The van der Waals surface area contributed by atoms with E-state index in [1.54, 1.807) is 38.3 Å². The molecule has 0 aliphatic heterocycles. The van der Waals surface area contributed by atoms with Crippen molar-refractivity contribution >= 4 is 22.6 Å². The second kappa shape index (κ2) is 6.79. The van der Waals surface area contributed by atoms with Crippen LogP contribution < -0.4 is 15.7 Å². The molecule has 0 bridgehead atoms. The van der Waals surface area contributed by atoms with Gasteiger partial charge in [0, 0.05) is 11.1 Å². The van der Waals surface area contributed by atoms with Crippen molar-refractivity contribution in [2.75, 3.05) is 12.4 Å². The Bertz CT molecular complexity index is 1040. The maximum Gasteiger partial charge on any atom is 0.340 e. The summed E-state index contributed by atoms with van der Waals surface area (Å²) in [7, 11) is 1.55. The van der Waals surface area contributed by atoms with Gasteiger partial charge in [0.2, 0.25) is 11.7 Å². The maximum absolute atomic E-state index is 12.3. The van der Waals surface area contributed by atoms with Crippen LogP contribution >= 0.6 is 0 Å². The number of fused-ring (bicyclic) bond motifs is 1. The zero-order valence-electron chi connectivity index (χ0n) is 14.2. The molecule has 0 saturated carbocycles. The number of rotatable bonds is 4. The molecule has 0 atom stereocenters. The van der Waals surface area contributed by atoms with Gasteiger partial charge in [-0.2, -0.15) is 0 Å². The predicted molar refractivity (Wildman–Crippen MR) is 95.9 cm³/mol. The number of hydrogen-bond donors (Lipinski definition) is 3. The third-order valence-electron chi connectivity index (χ3n) is 4.12. The first-order valence-corrected chi connectivity index (χ1v) is 7.82. The fourth-order valence-electron chi connectivity index (χ4n) is 2.67. The van der Waals surface area contributed by atoms with Gasteiger partial charge in [0.1, 0.15) is 5.75 Å². The van der Waals surface area contributed by atoms with E-state index in [4.69, 9.17) is 9.15 Å². The molecule has 0 unspecified atom stereocenters. The summed E-state index contributed by atoms with van der Waals surface area (Å²) in [6, 6.07) is 9.61. The summed E-state index contributed by atoms with van der Waals surface area (Å²) in [5.41, 5.74) is 0.429. The molecule has 1 amide bonds. The lowest BCUT2D eigenvalue weighted by Crippen LogP contribution is -2.20. The van der Waals surface area contributed by atoms with Crippen molar-refractivity contribution in [3.63, 3.8) is 0 Å². The zero-order chi connectivity index (χ0) is 18.8. The number of nitrogens with one attached hydrogen (secondary N) is 1. The monoisotopic (exact) mass is 355 g/mol. The number of phenolic OH excluding ortho intramolecular Hbond substituents is 2. The molecular weight excluding hydrogens is 338 g/mol. The lowest BCUT2D eigenvalue weighted by atomic mass is 10.0. The number of benzene rings is 2. The van der Waals surface area contributed by atoms with Crippen molar-refractivity contribution in [3.8, 4) is 17.2 Å². The summed E-state index contributed by atoms with van der Waals surface area (Å²) < 4.78 is 10.2. The number of carbonyl (C=O) groups excluding carboxylic acids is 1. The third kappa shape index (κ3) is 3.19. The fraction of sp³-hybridized carbons (Fsp3) is 0.158. The number of hydrogen-bond acceptors (Lipinski definition) is 6. The molecule has 3 N–H and O–H groups in total. The van der Waals surface area contributed by atoms with Gasteiger partial charge < -0.3 is 24.7 Å². The number of anilines is 1. The quantitative estimate of drug-likeness (QED) is 0.490. The maximum atomic E-state index is 12.3. The number of phenols is 2. The van der Waals surface area contributed by atoms with Gasteiger partial charge in [-0.15, -0.1) is 0 Å². The first kappa shape index (κ1) is 17.3. The Kier molecular flexibility index (Phi) is 4.53. The van der Waals surface area contributed by atoms with Crippen LogP contribution in [0.15, 0.2) is 45.6 Å². The lowest BCUT2D eigenvalue weighted by Gasteiger charge is -2.10. The van der Waals surface area contributed by atoms with Crippen LogP contribution in [0.5, 0.6) is 17.2 Å². The molecule has 0 spiro atoms. The molecule has 7 nitrogen and oxygen atoms in total. The van der Waals surface area contributed by atoms with E-state index in [0.717, 1.165) is 0 Å². The molecule has 7 heteroatoms. The molecular formula is C19H17NO6. The molecule has 3 aromatic rings. The number of methoxy groups -OCH3 is 1. The summed E-state index contributed by atoms with van der Waals surface area (Å²) in [6.07, 6.45) is -0.183. The molecule has 0 aliphatic rings. The summed E-state index contributed by atoms with van der Waals surface area (Å²) >= 11 is 0. The highest BCUT2D eigenvalue weighted by atomic mass is 16.5. The van der Waals surface area contributed by atoms with Crippen molar-refractivity contribution in [3.05, 3.63) is 57.9 Å². The van der Waals surface area contributed by atoms with Gasteiger partial charge in [0.05, 0.1) is 19.1 Å². The zero-order valence-corrected chi connectivity index (χ0v) is 14.2. The Morgan fingerprint density at radius 1 is 1.15 bits per heavy atom. The largest absolute Gasteiger partial charge is 0.504 e. The average molecular weight is 355 g/mol. The minimum absolute atomic E-state index is 0.105. The highest BCUT2D eigenvalue weighted by Gasteiger charge is 2.18. The highest BCUT2D eigenvalue weighted by Crippen LogP contribution is 2.34. The molecule has 0 saturated heterocycles. The summed E-state index contributed by atoms with van der Waals surface area (Å²) in [4.78, 5) is 24.5. The van der Waals surface area contributed by atoms with E-state index >= 15 is 0 Å². The molecule has 134 valence electrons. The number of ether oxygens (including phenoxy) is 1. The van der Waals surface area contributed by atoms with E-state index in [-0.39, 0.29) is 29.2 Å². The van der Waals surface area contributed by atoms with E-state index in [1.165, 1.54) is 12.1 Å². The van der Waals surface area contributed by atoms with Gasteiger partial charge in [-0.3, -0.25) is 4.79 Å². The van der Waals surface area contributed by atoms with Crippen molar-refractivity contribution in [1.82, 2.24) is 0 Å². The summed E-state index contributed by atoms with van der Waals surface area (Å²) in [6.45, 7) is 1.66. The van der Waals surface area contributed by atoms with Gasteiger partial charge >= 0.3 is 5.63 Å². The summed E-state index contributed by atoms with van der Waals surface area (Å²) in [5, 5.41) is 22.5. The van der Waals surface area contributed by atoms with Gasteiger partial charge in [-0.25, -0.2) is 4.79 Å². The normalized spacial score (nSPS) is 10.7. The van der Waals surface area contributed by atoms with Gasteiger partial charge in [-0.05, 0) is 48.9 Å². The van der Waals surface area contributed by atoms with Crippen molar-refractivity contribution in [2.45, 2.75) is 13.3 Å². The number of carbonyl (C=O) groups is 1. The molecule has 2 aromatic carbocycles. The van der Waals surface area contributed by atoms with Crippen molar-refractivity contribution < 1.29 is 24.2 Å². The van der Waals surface area contributed by atoms with Crippen LogP contribution in [0, 0.1) is 6.92 Å². The van der Waals surface area contributed by atoms with Crippen molar-refractivity contribution in [2.24, 2.45) is 0 Å². The van der Waals surface area contributed by atoms with Crippen LogP contribution in [0.1, 0.15) is 11.1 Å². The second-order valence-electron chi connectivity index (χ2n) is 5.76. The standard InChI is InChI=1S/C19H17NO6/c1-10-13-7-8-15(21)17(23)18(13)26-19(24)14(10)9-16(22)20-11-3-5-12(25-2)6-4-11/h3-8,21,23H,9H2,1-2H3,(H,20,22). The van der Waals surface area contributed by atoms with Crippen LogP contribution in [0.4, 0.5) is 5.69 Å². The molecule has 3 rings (SSSR count). The lowest BCUT2D eigenvalue weighted by molar-refractivity contribution is -0.115. The minimum atomic E-state index is -0.735. The number of aryl methyl sites for hydroxylation is 1. The van der Waals surface area contributed by atoms with Crippen LogP contribution in [-0.2, 0) is 11.2 Å². The molecule has 0 aliphatic carbocycles. The topological polar surface area (TPSA) is 109 Å². The van der Waals surface area contributed by atoms with Crippen LogP contribution in [-0.4, -0.2) is 23.2 Å². The van der Waals surface area contributed by atoms with E-state index < -0.39 is 11.4 Å². The average Bonchev–Trinajstić information content (AvgIpc) is 2.63. The first-order valence-electron chi connectivity index (χ1n) is 7.82. The molecule has 1 aromatic heterocycles. The Balaban J connectivity index is 1.89. The van der Waals surface area contributed by atoms with E-state index in [0.29, 0.717) is 22.4 Å². The third-order valence-corrected chi connectivity index (χ3v) is 4.12. The molecule has 0 radical (unpaired) electrons. The predicted octanol–water partition coefficient (Wildman–Crippen LogP) is 2.70. The van der Waals surface area contributed by atoms with Gasteiger partial charge in [-0.1, -0.05) is 0 Å². The second-order valence-corrected chi connectivity index (χ2v) is 5.76. The SMILES string of the molecule is COc1ccc(NC(=O)Cc2c(C)c3ccc(O)c(O)c3oc2=O)cc1. The van der Waals surface area contributed by atoms with Crippen LogP contribution in [0.3, 0.4) is 0 Å². The number of amides is 1. The Labute approximate surface area is 148 Å². The van der Waals surface area contributed by atoms with Crippen molar-refractivity contribution in [1.29, 1.82) is 0 Å². The summed E-state index contributed by atoms with van der Waals surface area (Å²) in [5.74, 6) is -0.605. The Morgan fingerprint density at radius 2 is 1.85 bits per heavy atom. The fourth-order valence-corrected chi connectivity index (χ4v) is 2.67. The smallest absolute Gasteiger partial charge is 0.340 e. The molecule has 0 fully saturated rings. The molecule has 1 heterocycles. The minimum Gasteiger partial charge on any atom is -0.504 e. The number of aromatic hydroxyl groups is 2. The van der Waals surface area contributed by atoms with E-state index in [9.17, 15) is 19.8 Å².